The van der Waals surface area contributed by atoms with Crippen LogP contribution in [-0.4, -0.2) is 23.8 Å². The van der Waals surface area contributed by atoms with Crippen LogP contribution >= 0.6 is 0 Å². The van der Waals surface area contributed by atoms with Gasteiger partial charge in [-0.15, -0.1) is 0 Å². The number of nitrogens with zero attached hydrogens (tertiary/aromatic N) is 1. The second kappa shape index (κ2) is 7.98. The number of hydrogen-bond acceptors (Lipinski definition) is 4. The average molecular weight is 312 g/mol. The number of phenolic OH excluding ortho intramolecular Hbond substituents is 1. The molecule has 0 spiro atoms. The molecule has 2 aromatic carbocycles. The molecule has 0 atom stereocenters. The molecule has 5 nitrogen and oxygen atoms in total. The summed E-state index contributed by atoms with van der Waals surface area (Å²) in [7, 11) is 1.60. The number of phenols is 1. The first-order valence-corrected chi connectivity index (χ1v) is 7.40. The molecule has 5 heteroatoms. The first kappa shape index (κ1) is 16.5. The van der Waals surface area contributed by atoms with Crippen molar-refractivity contribution >= 4 is 11.6 Å². The van der Waals surface area contributed by atoms with Gasteiger partial charge >= 0.3 is 0 Å². The maximum atomic E-state index is 12.0. The van der Waals surface area contributed by atoms with E-state index in [0.29, 0.717) is 17.7 Å². The number of benzene rings is 2. The Morgan fingerprint density at radius 2 is 1.87 bits per heavy atom. The van der Waals surface area contributed by atoms with E-state index in [2.05, 4.69) is 10.5 Å². The summed E-state index contributed by atoms with van der Waals surface area (Å²) in [6.45, 7) is 1.92. The maximum absolute atomic E-state index is 12.0. The van der Waals surface area contributed by atoms with E-state index in [4.69, 9.17) is 4.74 Å². The minimum atomic E-state index is -0.212. The Balaban J connectivity index is 2.02. The standard InChI is InChI=1S/C18H20N2O3/c1-3-16(15-6-4-5-7-17(15)21)19-20-18(22)12-13-8-10-14(23-2)11-9-13/h4-11,21H,3,12H2,1-2H3,(H,20,22). The first-order chi connectivity index (χ1) is 11.1. The molecule has 0 aromatic heterocycles. The number of para-hydroxylation sites is 1. The summed E-state index contributed by atoms with van der Waals surface area (Å²) in [6, 6.07) is 14.2. The van der Waals surface area contributed by atoms with Crippen LogP contribution in [-0.2, 0) is 11.2 Å². The van der Waals surface area contributed by atoms with Crippen LogP contribution in [0.4, 0.5) is 0 Å². The minimum absolute atomic E-state index is 0.150. The van der Waals surface area contributed by atoms with Gasteiger partial charge in [-0.25, -0.2) is 5.43 Å². The summed E-state index contributed by atoms with van der Waals surface area (Å²) in [5.41, 5.74) is 4.67. The van der Waals surface area contributed by atoms with Gasteiger partial charge in [-0.2, -0.15) is 5.10 Å². The van der Waals surface area contributed by atoms with E-state index in [1.165, 1.54) is 0 Å². The second-order valence-corrected chi connectivity index (χ2v) is 4.99. The van der Waals surface area contributed by atoms with Crippen molar-refractivity contribution in [1.29, 1.82) is 0 Å². The van der Waals surface area contributed by atoms with Gasteiger partial charge in [-0.3, -0.25) is 4.79 Å². The largest absolute Gasteiger partial charge is 0.507 e. The molecule has 120 valence electrons. The van der Waals surface area contributed by atoms with Crippen molar-refractivity contribution in [3.63, 3.8) is 0 Å². The second-order valence-electron chi connectivity index (χ2n) is 4.99. The summed E-state index contributed by atoms with van der Waals surface area (Å²) in [5, 5.41) is 14.0. The number of methoxy groups -OCH3 is 1. The molecule has 0 saturated heterocycles. The van der Waals surface area contributed by atoms with Gasteiger partial charge in [0.1, 0.15) is 11.5 Å². The topological polar surface area (TPSA) is 70.9 Å². The van der Waals surface area contributed by atoms with E-state index in [-0.39, 0.29) is 18.1 Å². The van der Waals surface area contributed by atoms with Crippen LogP contribution in [0.3, 0.4) is 0 Å². The molecule has 0 aliphatic rings. The minimum Gasteiger partial charge on any atom is -0.507 e. The normalized spacial score (nSPS) is 11.1. The lowest BCUT2D eigenvalue weighted by molar-refractivity contribution is -0.120. The fraction of sp³-hybridized carbons (Fsp3) is 0.222. The van der Waals surface area contributed by atoms with Gasteiger partial charge < -0.3 is 9.84 Å². The summed E-state index contributed by atoms with van der Waals surface area (Å²) in [5.74, 6) is 0.689. The molecule has 2 rings (SSSR count). The molecule has 23 heavy (non-hydrogen) atoms. The predicted octanol–water partition coefficient (Wildman–Crippen LogP) is 2.87. The average Bonchev–Trinajstić information content (AvgIpc) is 2.57. The van der Waals surface area contributed by atoms with Gasteiger partial charge in [0.2, 0.25) is 5.91 Å². The number of carbonyl (C=O) groups is 1. The molecule has 0 saturated carbocycles. The highest BCUT2D eigenvalue weighted by molar-refractivity contribution is 6.03. The van der Waals surface area contributed by atoms with E-state index in [1.807, 2.05) is 37.3 Å². The number of amides is 1. The molecule has 2 aromatic rings. The highest BCUT2D eigenvalue weighted by Crippen LogP contribution is 2.18. The van der Waals surface area contributed by atoms with E-state index < -0.39 is 0 Å². The van der Waals surface area contributed by atoms with Crippen molar-refractivity contribution in [2.45, 2.75) is 19.8 Å². The molecular formula is C18H20N2O3. The van der Waals surface area contributed by atoms with Crippen LogP contribution in [0.25, 0.3) is 0 Å². The molecule has 0 fully saturated rings. The number of aromatic hydroxyl groups is 1. The van der Waals surface area contributed by atoms with Crippen LogP contribution in [0.15, 0.2) is 53.6 Å². The Hall–Kier alpha value is -2.82. The third-order valence-electron chi connectivity index (χ3n) is 3.39. The molecule has 1 amide bonds. The Labute approximate surface area is 135 Å². The quantitative estimate of drug-likeness (QED) is 0.636. The van der Waals surface area contributed by atoms with Gasteiger partial charge in [0.05, 0.1) is 19.2 Å². The van der Waals surface area contributed by atoms with Gasteiger partial charge in [-0.05, 0) is 36.2 Å². The molecule has 0 bridgehead atoms. The molecule has 0 heterocycles. The highest BCUT2D eigenvalue weighted by atomic mass is 16.5. The molecule has 0 radical (unpaired) electrons. The monoisotopic (exact) mass is 312 g/mol. The van der Waals surface area contributed by atoms with E-state index in [0.717, 1.165) is 11.3 Å². The van der Waals surface area contributed by atoms with Crippen molar-refractivity contribution in [1.82, 2.24) is 5.43 Å². The third-order valence-corrected chi connectivity index (χ3v) is 3.39. The van der Waals surface area contributed by atoms with Crippen LogP contribution < -0.4 is 10.2 Å². The van der Waals surface area contributed by atoms with E-state index in [9.17, 15) is 9.90 Å². The van der Waals surface area contributed by atoms with Crippen LogP contribution in [0.2, 0.25) is 0 Å². The number of hydrogen-bond donors (Lipinski definition) is 2. The van der Waals surface area contributed by atoms with E-state index in [1.54, 1.807) is 25.3 Å². The van der Waals surface area contributed by atoms with Crippen LogP contribution in [0.5, 0.6) is 11.5 Å². The molecular weight excluding hydrogens is 292 g/mol. The fourth-order valence-corrected chi connectivity index (χ4v) is 2.15. The summed E-state index contributed by atoms with van der Waals surface area (Å²) < 4.78 is 5.08. The Morgan fingerprint density at radius 3 is 2.48 bits per heavy atom. The van der Waals surface area contributed by atoms with Gasteiger partial charge in [-0.1, -0.05) is 31.2 Å². The Kier molecular flexibility index (Phi) is 5.74. The molecule has 0 aliphatic carbocycles. The van der Waals surface area contributed by atoms with Crippen molar-refractivity contribution in [3.8, 4) is 11.5 Å². The Bertz CT molecular complexity index is 694. The van der Waals surface area contributed by atoms with Gasteiger partial charge in [0.15, 0.2) is 0 Å². The van der Waals surface area contributed by atoms with Crippen molar-refractivity contribution in [2.75, 3.05) is 7.11 Å². The lowest BCUT2D eigenvalue weighted by Crippen LogP contribution is -2.21. The number of nitrogens with one attached hydrogen (secondary N) is 1. The summed E-state index contributed by atoms with van der Waals surface area (Å²) >= 11 is 0. The van der Waals surface area contributed by atoms with E-state index >= 15 is 0 Å². The number of carbonyl (C=O) groups excluding carboxylic acids is 1. The molecule has 0 aliphatic heterocycles. The zero-order valence-electron chi connectivity index (χ0n) is 13.2. The summed E-state index contributed by atoms with van der Waals surface area (Å²) in [6.07, 6.45) is 0.825. The van der Waals surface area contributed by atoms with Crippen LogP contribution in [0, 0.1) is 0 Å². The smallest absolute Gasteiger partial charge is 0.244 e. The predicted molar refractivity (Wildman–Crippen MR) is 89.8 cm³/mol. The summed E-state index contributed by atoms with van der Waals surface area (Å²) in [4.78, 5) is 12.0. The number of hydrazone groups is 1. The maximum Gasteiger partial charge on any atom is 0.244 e. The van der Waals surface area contributed by atoms with Crippen molar-refractivity contribution < 1.29 is 14.6 Å². The zero-order valence-corrected chi connectivity index (χ0v) is 13.2. The first-order valence-electron chi connectivity index (χ1n) is 7.40. The molecule has 2 N–H and O–H groups in total. The number of ether oxygens (including phenoxy) is 1. The van der Waals surface area contributed by atoms with Crippen molar-refractivity contribution in [2.24, 2.45) is 5.10 Å². The van der Waals surface area contributed by atoms with Crippen molar-refractivity contribution in [3.05, 3.63) is 59.7 Å². The number of rotatable bonds is 6. The third kappa shape index (κ3) is 4.57. The van der Waals surface area contributed by atoms with Crippen LogP contribution in [0.1, 0.15) is 24.5 Å². The Morgan fingerprint density at radius 1 is 1.17 bits per heavy atom. The SMILES string of the molecule is CCC(=NNC(=O)Cc1ccc(OC)cc1)c1ccccc1O. The lowest BCUT2D eigenvalue weighted by atomic mass is 10.1. The zero-order chi connectivity index (χ0) is 16.7. The highest BCUT2D eigenvalue weighted by Gasteiger charge is 2.08. The fourth-order valence-electron chi connectivity index (χ4n) is 2.15. The van der Waals surface area contributed by atoms with Gasteiger partial charge in [0, 0.05) is 5.56 Å². The molecule has 0 unspecified atom stereocenters. The lowest BCUT2D eigenvalue weighted by Gasteiger charge is -2.07. The van der Waals surface area contributed by atoms with Gasteiger partial charge in [0.25, 0.3) is 0 Å².